The fourth-order valence-corrected chi connectivity index (χ4v) is 3.51. The van der Waals surface area contributed by atoms with Gasteiger partial charge in [0.15, 0.2) is 11.5 Å². The Kier molecular flexibility index (Phi) is 5.57. The van der Waals surface area contributed by atoms with Crippen molar-refractivity contribution in [1.82, 2.24) is 4.90 Å². The van der Waals surface area contributed by atoms with Crippen LogP contribution in [0.2, 0.25) is 5.02 Å². The number of ether oxygens (including phenoxy) is 2. The van der Waals surface area contributed by atoms with Crippen molar-refractivity contribution in [2.24, 2.45) is 0 Å². The number of carbonyl (C=O) groups excluding carboxylic acids is 1. The van der Waals surface area contributed by atoms with E-state index in [4.69, 9.17) is 26.8 Å². The van der Waals surface area contributed by atoms with E-state index in [0.29, 0.717) is 35.2 Å². The van der Waals surface area contributed by atoms with Crippen molar-refractivity contribution in [3.63, 3.8) is 0 Å². The molecule has 1 aliphatic heterocycles. The number of anilines is 1. The molecule has 5 nitrogen and oxygen atoms in total. The second-order valence-electron chi connectivity index (χ2n) is 6.46. The molecule has 1 atom stereocenters. The summed E-state index contributed by atoms with van der Waals surface area (Å²) in [7, 11) is 3.24. The van der Waals surface area contributed by atoms with E-state index in [1.165, 1.54) is 0 Å². The number of likely N-dealkylation sites (tertiary alicyclic amines) is 1. The van der Waals surface area contributed by atoms with Crippen molar-refractivity contribution >= 4 is 23.2 Å². The van der Waals surface area contributed by atoms with Crippen LogP contribution in [0.4, 0.5) is 5.69 Å². The molecule has 2 aromatic rings. The molecular weight excluding hydrogens is 352 g/mol. The Morgan fingerprint density at radius 3 is 2.54 bits per heavy atom. The second-order valence-corrected chi connectivity index (χ2v) is 6.87. The highest BCUT2D eigenvalue weighted by atomic mass is 35.5. The third kappa shape index (κ3) is 3.88. The SMILES string of the molecule is COc1ccc(C[C@@H]2CCC(=O)N2Cc2ccc(Cl)c(N)c2)cc1OC. The van der Waals surface area contributed by atoms with Crippen LogP contribution in [-0.4, -0.2) is 31.1 Å². The molecule has 1 heterocycles. The van der Waals surface area contributed by atoms with Gasteiger partial charge in [-0.3, -0.25) is 4.79 Å². The molecule has 0 saturated carbocycles. The van der Waals surface area contributed by atoms with E-state index in [-0.39, 0.29) is 11.9 Å². The Morgan fingerprint density at radius 2 is 1.85 bits per heavy atom. The van der Waals surface area contributed by atoms with Crippen molar-refractivity contribution in [1.29, 1.82) is 0 Å². The van der Waals surface area contributed by atoms with Gasteiger partial charge in [-0.25, -0.2) is 0 Å². The third-order valence-corrected chi connectivity index (χ3v) is 5.13. The Morgan fingerprint density at radius 1 is 1.12 bits per heavy atom. The number of amides is 1. The number of nitrogens with zero attached hydrogens (tertiary/aromatic N) is 1. The maximum absolute atomic E-state index is 12.4. The number of rotatable bonds is 6. The van der Waals surface area contributed by atoms with Gasteiger partial charge in [0.25, 0.3) is 0 Å². The second kappa shape index (κ2) is 7.87. The van der Waals surface area contributed by atoms with Crippen molar-refractivity contribution in [3.8, 4) is 11.5 Å². The van der Waals surface area contributed by atoms with Gasteiger partial charge >= 0.3 is 0 Å². The average Bonchev–Trinajstić information content (AvgIpc) is 2.98. The van der Waals surface area contributed by atoms with E-state index in [0.717, 1.165) is 24.0 Å². The Hall–Kier alpha value is -2.40. The largest absolute Gasteiger partial charge is 0.493 e. The maximum Gasteiger partial charge on any atom is 0.223 e. The minimum absolute atomic E-state index is 0.150. The molecule has 0 aliphatic carbocycles. The summed E-state index contributed by atoms with van der Waals surface area (Å²) in [6.45, 7) is 0.540. The monoisotopic (exact) mass is 374 g/mol. The highest BCUT2D eigenvalue weighted by Crippen LogP contribution is 2.31. The number of nitrogens with two attached hydrogens (primary N) is 1. The first-order valence-corrected chi connectivity index (χ1v) is 8.94. The molecule has 1 amide bonds. The minimum Gasteiger partial charge on any atom is -0.493 e. The normalized spacial score (nSPS) is 16.8. The number of halogens is 1. The van der Waals surface area contributed by atoms with E-state index in [2.05, 4.69) is 0 Å². The smallest absolute Gasteiger partial charge is 0.223 e. The van der Waals surface area contributed by atoms with Crippen LogP contribution in [0.5, 0.6) is 11.5 Å². The molecule has 26 heavy (non-hydrogen) atoms. The van der Waals surface area contributed by atoms with Crippen LogP contribution in [-0.2, 0) is 17.8 Å². The number of nitrogen functional groups attached to an aromatic ring is 1. The Labute approximate surface area is 158 Å². The van der Waals surface area contributed by atoms with Gasteiger partial charge in [0.05, 0.1) is 24.9 Å². The summed E-state index contributed by atoms with van der Waals surface area (Å²) in [5.74, 6) is 1.57. The van der Waals surface area contributed by atoms with Gasteiger partial charge in [0.2, 0.25) is 5.91 Å². The van der Waals surface area contributed by atoms with Crippen molar-refractivity contribution < 1.29 is 14.3 Å². The van der Waals surface area contributed by atoms with E-state index in [1.807, 2.05) is 35.2 Å². The molecule has 0 spiro atoms. The van der Waals surface area contributed by atoms with Gasteiger partial charge in [-0.15, -0.1) is 0 Å². The predicted molar refractivity (Wildman–Crippen MR) is 103 cm³/mol. The summed E-state index contributed by atoms with van der Waals surface area (Å²) in [5.41, 5.74) is 8.52. The average molecular weight is 375 g/mol. The van der Waals surface area contributed by atoms with Gasteiger partial charge in [-0.05, 0) is 48.2 Å². The van der Waals surface area contributed by atoms with Crippen molar-refractivity contribution in [2.45, 2.75) is 31.8 Å². The number of carbonyl (C=O) groups is 1. The Bertz CT molecular complexity index is 810. The van der Waals surface area contributed by atoms with Gasteiger partial charge in [0.1, 0.15) is 0 Å². The predicted octanol–water partition coefficient (Wildman–Crippen LogP) is 3.67. The molecule has 0 radical (unpaired) electrons. The van der Waals surface area contributed by atoms with Gasteiger partial charge in [0, 0.05) is 19.0 Å². The molecule has 1 fully saturated rings. The van der Waals surface area contributed by atoms with E-state index < -0.39 is 0 Å². The van der Waals surface area contributed by atoms with Crippen LogP contribution in [0.3, 0.4) is 0 Å². The number of benzene rings is 2. The first-order chi connectivity index (χ1) is 12.5. The molecule has 6 heteroatoms. The molecule has 1 saturated heterocycles. The van der Waals surface area contributed by atoms with Crippen LogP contribution in [0.25, 0.3) is 0 Å². The van der Waals surface area contributed by atoms with Gasteiger partial charge < -0.3 is 20.1 Å². The number of hydrogen-bond acceptors (Lipinski definition) is 4. The molecule has 0 aromatic heterocycles. The summed E-state index contributed by atoms with van der Waals surface area (Å²) in [4.78, 5) is 14.3. The highest BCUT2D eigenvalue weighted by molar-refractivity contribution is 6.33. The van der Waals surface area contributed by atoms with Crippen LogP contribution in [0.15, 0.2) is 36.4 Å². The first-order valence-electron chi connectivity index (χ1n) is 8.56. The van der Waals surface area contributed by atoms with Gasteiger partial charge in [-0.1, -0.05) is 23.7 Å². The molecule has 0 unspecified atom stereocenters. The summed E-state index contributed by atoms with van der Waals surface area (Å²) in [6, 6.07) is 11.6. The number of hydrogen-bond donors (Lipinski definition) is 1. The summed E-state index contributed by atoms with van der Waals surface area (Å²) < 4.78 is 10.7. The van der Waals surface area contributed by atoms with Crippen LogP contribution < -0.4 is 15.2 Å². The minimum atomic E-state index is 0.150. The van der Waals surface area contributed by atoms with E-state index in [9.17, 15) is 4.79 Å². The van der Waals surface area contributed by atoms with Crippen LogP contribution in [0, 0.1) is 0 Å². The quantitative estimate of drug-likeness (QED) is 0.783. The topological polar surface area (TPSA) is 64.8 Å². The molecule has 138 valence electrons. The van der Waals surface area contributed by atoms with Crippen LogP contribution >= 0.6 is 11.6 Å². The standard InChI is InChI=1S/C20H23ClN2O3/c1-25-18-7-4-13(11-19(18)26-2)9-15-5-8-20(24)23(15)12-14-3-6-16(21)17(22)10-14/h3-4,6-7,10-11,15H,5,8-9,12,22H2,1-2H3/t15-/m0/s1. The molecule has 2 N–H and O–H groups in total. The van der Waals surface area contributed by atoms with Crippen molar-refractivity contribution in [3.05, 3.63) is 52.5 Å². The summed E-state index contributed by atoms with van der Waals surface area (Å²) in [5, 5.41) is 0.531. The fraction of sp³-hybridized carbons (Fsp3) is 0.350. The zero-order valence-electron chi connectivity index (χ0n) is 15.0. The summed E-state index contributed by atoms with van der Waals surface area (Å²) in [6.07, 6.45) is 2.19. The maximum atomic E-state index is 12.4. The molecule has 1 aliphatic rings. The lowest BCUT2D eigenvalue weighted by Crippen LogP contribution is -2.33. The lowest BCUT2D eigenvalue weighted by atomic mass is 10.0. The summed E-state index contributed by atoms with van der Waals surface area (Å²) >= 11 is 5.99. The lowest BCUT2D eigenvalue weighted by Gasteiger charge is -2.25. The van der Waals surface area contributed by atoms with Crippen molar-refractivity contribution in [2.75, 3.05) is 20.0 Å². The van der Waals surface area contributed by atoms with Crippen LogP contribution in [0.1, 0.15) is 24.0 Å². The fourth-order valence-electron chi connectivity index (χ4n) is 3.39. The zero-order valence-corrected chi connectivity index (χ0v) is 15.8. The zero-order chi connectivity index (χ0) is 18.7. The van der Waals surface area contributed by atoms with E-state index in [1.54, 1.807) is 20.3 Å². The van der Waals surface area contributed by atoms with Gasteiger partial charge in [-0.2, -0.15) is 0 Å². The lowest BCUT2D eigenvalue weighted by molar-refractivity contribution is -0.129. The molecular formula is C20H23ClN2O3. The van der Waals surface area contributed by atoms with E-state index >= 15 is 0 Å². The molecule has 2 aromatic carbocycles. The Balaban J connectivity index is 1.76. The molecule has 0 bridgehead atoms. The first kappa shape index (κ1) is 18.4. The highest BCUT2D eigenvalue weighted by Gasteiger charge is 2.31. The molecule has 3 rings (SSSR count). The third-order valence-electron chi connectivity index (χ3n) is 4.79. The number of methoxy groups -OCH3 is 2.